The zero-order chi connectivity index (χ0) is 28.5. The zero-order valence-corrected chi connectivity index (χ0v) is 24.8. The van der Waals surface area contributed by atoms with Crippen LogP contribution in [0.3, 0.4) is 0 Å². The van der Waals surface area contributed by atoms with Crippen LogP contribution in [-0.4, -0.2) is 48.1 Å². The molecular formula is C29H36Cl2N2O5S. The fourth-order valence-corrected chi connectivity index (χ4v) is 6.92. The number of aliphatic carboxylic acids is 1. The van der Waals surface area contributed by atoms with Crippen LogP contribution < -0.4 is 4.72 Å². The fourth-order valence-electron chi connectivity index (χ4n) is 5.86. The van der Waals surface area contributed by atoms with E-state index in [1.807, 2.05) is 42.2 Å². The van der Waals surface area contributed by atoms with Gasteiger partial charge in [-0.25, -0.2) is 13.1 Å². The van der Waals surface area contributed by atoms with Gasteiger partial charge in [-0.15, -0.1) is 0 Å². The summed E-state index contributed by atoms with van der Waals surface area (Å²) in [6.45, 7) is 5.14. The predicted molar refractivity (Wildman–Crippen MR) is 153 cm³/mol. The quantitative estimate of drug-likeness (QED) is 0.330. The summed E-state index contributed by atoms with van der Waals surface area (Å²) in [6, 6.07) is 13.9. The first kappa shape index (κ1) is 29.8. The Labute approximate surface area is 240 Å². The Balaban J connectivity index is 1.91. The second-order valence-corrected chi connectivity index (χ2v) is 14.3. The number of nitrogens with zero attached hydrogens (tertiary/aromatic N) is 1. The molecular weight excluding hydrogens is 559 g/mol. The standard InChI is InChI=1S/C29H36Cl2N2O5S/c1-4-29(16-26(34)35)15-24(21-6-5-7-23(31)14-21)27(20-10-12-22(30)13-11-20)33(28(29)36)25(19-8-9-19)17-32-39(37,38)18(2)3/h5-7,10-14,18-19,24-25,27,32H,4,8-9,15-17H2,1-3H3,(H,34,35)/t24-,25?,27-,29-/m1/s1. The largest absolute Gasteiger partial charge is 0.481 e. The molecule has 0 aromatic heterocycles. The van der Waals surface area contributed by atoms with E-state index in [0.29, 0.717) is 22.9 Å². The SMILES string of the molecule is CC[C@]1(CC(=O)O)C[C@H](c2cccc(Cl)c2)[C@@H](c2ccc(Cl)cc2)N(C(CNS(=O)(=O)C(C)C)C2CC2)C1=O. The van der Waals surface area contributed by atoms with Crippen LogP contribution in [0.1, 0.15) is 76.0 Å². The fraction of sp³-hybridized carbons (Fsp3) is 0.517. The molecule has 2 fully saturated rings. The molecule has 212 valence electrons. The lowest BCUT2D eigenvalue weighted by Crippen LogP contribution is -2.59. The van der Waals surface area contributed by atoms with Crippen LogP contribution in [0.15, 0.2) is 48.5 Å². The van der Waals surface area contributed by atoms with E-state index in [4.69, 9.17) is 23.2 Å². The summed E-state index contributed by atoms with van der Waals surface area (Å²) in [6.07, 6.45) is 2.09. The van der Waals surface area contributed by atoms with Gasteiger partial charge in [0.15, 0.2) is 0 Å². The third-order valence-corrected chi connectivity index (χ3v) is 10.6. The van der Waals surface area contributed by atoms with Crippen molar-refractivity contribution in [1.82, 2.24) is 9.62 Å². The Morgan fingerprint density at radius 3 is 2.31 bits per heavy atom. The van der Waals surface area contributed by atoms with Gasteiger partial charge in [0.1, 0.15) is 0 Å². The molecule has 1 saturated heterocycles. The van der Waals surface area contributed by atoms with E-state index in [2.05, 4.69) is 4.72 Å². The van der Waals surface area contributed by atoms with Crippen molar-refractivity contribution in [3.8, 4) is 0 Å². The van der Waals surface area contributed by atoms with Gasteiger partial charge in [-0.05, 0) is 80.8 Å². The van der Waals surface area contributed by atoms with Gasteiger partial charge in [0.25, 0.3) is 0 Å². The average molecular weight is 596 g/mol. The first-order valence-corrected chi connectivity index (χ1v) is 15.7. The molecule has 2 N–H and O–H groups in total. The van der Waals surface area contributed by atoms with Crippen LogP contribution in [-0.2, 0) is 19.6 Å². The van der Waals surface area contributed by atoms with Crippen molar-refractivity contribution in [3.63, 3.8) is 0 Å². The van der Waals surface area contributed by atoms with Crippen molar-refractivity contribution < 1.29 is 23.1 Å². The molecule has 0 bridgehead atoms. The van der Waals surface area contributed by atoms with Gasteiger partial charge in [0.2, 0.25) is 15.9 Å². The molecule has 2 aromatic carbocycles. The number of carbonyl (C=O) groups excluding carboxylic acids is 1. The van der Waals surface area contributed by atoms with Crippen molar-refractivity contribution in [1.29, 1.82) is 0 Å². The number of carboxylic acid groups (broad SMARTS) is 1. The molecule has 7 nitrogen and oxygen atoms in total. The molecule has 0 spiro atoms. The van der Waals surface area contributed by atoms with Crippen LogP contribution in [0.5, 0.6) is 0 Å². The van der Waals surface area contributed by atoms with E-state index >= 15 is 0 Å². The van der Waals surface area contributed by atoms with Gasteiger partial charge in [-0.1, -0.05) is 54.4 Å². The topological polar surface area (TPSA) is 104 Å². The number of carboxylic acids is 1. The summed E-state index contributed by atoms with van der Waals surface area (Å²) in [7, 11) is -3.58. The third kappa shape index (κ3) is 6.45. The van der Waals surface area contributed by atoms with Gasteiger partial charge in [-0.2, -0.15) is 0 Å². The van der Waals surface area contributed by atoms with Gasteiger partial charge < -0.3 is 10.0 Å². The number of piperidine rings is 1. The number of hydrogen-bond donors (Lipinski definition) is 2. The van der Waals surface area contributed by atoms with Crippen molar-refractivity contribution in [3.05, 3.63) is 69.7 Å². The number of hydrogen-bond acceptors (Lipinski definition) is 4. The molecule has 4 atom stereocenters. The van der Waals surface area contributed by atoms with E-state index < -0.39 is 38.7 Å². The van der Waals surface area contributed by atoms with E-state index in [9.17, 15) is 23.1 Å². The predicted octanol–water partition coefficient (Wildman–Crippen LogP) is 6.03. The highest BCUT2D eigenvalue weighted by atomic mass is 35.5. The Bertz CT molecular complexity index is 1310. The monoisotopic (exact) mass is 594 g/mol. The van der Waals surface area contributed by atoms with E-state index in [1.54, 1.807) is 32.0 Å². The van der Waals surface area contributed by atoms with Crippen LogP contribution in [0.25, 0.3) is 0 Å². The maximum atomic E-state index is 14.6. The lowest BCUT2D eigenvalue weighted by atomic mass is 9.64. The number of benzene rings is 2. The lowest BCUT2D eigenvalue weighted by Gasteiger charge is -2.53. The molecule has 4 rings (SSSR count). The van der Waals surface area contributed by atoms with Gasteiger partial charge in [-0.3, -0.25) is 9.59 Å². The molecule has 1 heterocycles. The number of rotatable bonds is 11. The van der Waals surface area contributed by atoms with Crippen molar-refractivity contribution in [2.75, 3.05) is 6.54 Å². The molecule has 1 unspecified atom stereocenters. The van der Waals surface area contributed by atoms with Crippen molar-refractivity contribution >= 4 is 45.1 Å². The minimum atomic E-state index is -3.58. The lowest BCUT2D eigenvalue weighted by molar-refractivity contribution is -0.162. The van der Waals surface area contributed by atoms with E-state index in [-0.39, 0.29) is 30.7 Å². The summed E-state index contributed by atoms with van der Waals surface area (Å²) in [5.74, 6) is -1.45. The smallest absolute Gasteiger partial charge is 0.304 e. The molecule has 1 aliphatic heterocycles. The average Bonchev–Trinajstić information content (AvgIpc) is 3.71. The van der Waals surface area contributed by atoms with Crippen LogP contribution in [0.2, 0.25) is 10.0 Å². The summed E-state index contributed by atoms with van der Waals surface area (Å²) in [4.78, 5) is 28.5. The second kappa shape index (κ2) is 11.8. The van der Waals surface area contributed by atoms with E-state index in [1.165, 1.54) is 0 Å². The molecule has 10 heteroatoms. The number of likely N-dealkylation sites (tertiary alicyclic amines) is 1. The highest BCUT2D eigenvalue weighted by Crippen LogP contribution is 2.55. The highest BCUT2D eigenvalue weighted by molar-refractivity contribution is 7.90. The van der Waals surface area contributed by atoms with Crippen molar-refractivity contribution in [2.45, 2.75) is 76.1 Å². The van der Waals surface area contributed by atoms with Crippen molar-refractivity contribution in [2.24, 2.45) is 11.3 Å². The minimum absolute atomic E-state index is 0.0656. The van der Waals surface area contributed by atoms with Crippen LogP contribution in [0, 0.1) is 11.3 Å². The molecule has 1 saturated carbocycles. The minimum Gasteiger partial charge on any atom is -0.481 e. The number of amides is 1. The Morgan fingerprint density at radius 2 is 1.77 bits per heavy atom. The molecule has 1 aliphatic carbocycles. The Kier molecular flexibility index (Phi) is 9.01. The molecule has 1 amide bonds. The van der Waals surface area contributed by atoms with E-state index in [0.717, 1.165) is 24.0 Å². The molecule has 2 aliphatic rings. The first-order valence-electron chi connectivity index (χ1n) is 13.4. The summed E-state index contributed by atoms with van der Waals surface area (Å²) in [5.41, 5.74) is 0.613. The number of halogens is 2. The summed E-state index contributed by atoms with van der Waals surface area (Å²) < 4.78 is 28.3. The Hall–Kier alpha value is -2.13. The highest BCUT2D eigenvalue weighted by Gasteiger charge is 2.55. The van der Waals surface area contributed by atoms with Crippen LogP contribution in [0.4, 0.5) is 0 Å². The number of sulfonamides is 1. The number of nitrogens with one attached hydrogen (secondary N) is 1. The molecule has 0 radical (unpaired) electrons. The second-order valence-electron chi connectivity index (χ2n) is 11.1. The zero-order valence-electron chi connectivity index (χ0n) is 22.4. The van der Waals surface area contributed by atoms with Gasteiger partial charge >= 0.3 is 5.97 Å². The third-order valence-electron chi connectivity index (χ3n) is 8.27. The normalized spacial score (nSPS) is 24.7. The Morgan fingerprint density at radius 1 is 1.10 bits per heavy atom. The maximum absolute atomic E-state index is 14.6. The van der Waals surface area contributed by atoms with Crippen LogP contribution >= 0.6 is 23.2 Å². The molecule has 2 aromatic rings. The summed E-state index contributed by atoms with van der Waals surface area (Å²) in [5, 5.41) is 10.4. The summed E-state index contributed by atoms with van der Waals surface area (Å²) >= 11 is 12.6. The van der Waals surface area contributed by atoms with Gasteiger partial charge in [0, 0.05) is 28.5 Å². The molecule has 39 heavy (non-hydrogen) atoms. The maximum Gasteiger partial charge on any atom is 0.304 e. The van der Waals surface area contributed by atoms with Gasteiger partial charge in [0.05, 0.1) is 23.1 Å². The number of carbonyl (C=O) groups is 2. The first-order chi connectivity index (χ1) is 18.4.